The van der Waals surface area contributed by atoms with E-state index < -0.39 is 0 Å². The van der Waals surface area contributed by atoms with Gasteiger partial charge in [-0.2, -0.15) is 0 Å². The quantitative estimate of drug-likeness (QED) is 0.774. The van der Waals surface area contributed by atoms with Gasteiger partial charge in [0.15, 0.2) is 0 Å². The van der Waals surface area contributed by atoms with Gasteiger partial charge in [-0.15, -0.1) is 12.4 Å². The van der Waals surface area contributed by atoms with Gasteiger partial charge < -0.3 is 15.4 Å². The summed E-state index contributed by atoms with van der Waals surface area (Å²) in [6, 6.07) is 10.3. The monoisotopic (exact) mass is 363 g/mol. The predicted molar refractivity (Wildman–Crippen MR) is 102 cm³/mol. The van der Waals surface area contributed by atoms with Gasteiger partial charge in [-0.1, -0.05) is 18.2 Å². The Labute approximate surface area is 155 Å². The molecule has 1 aliphatic heterocycles. The molecule has 136 valence electrons. The van der Waals surface area contributed by atoms with Crippen LogP contribution in [0, 0.1) is 5.92 Å². The second-order valence-electron chi connectivity index (χ2n) is 6.40. The van der Waals surface area contributed by atoms with Gasteiger partial charge in [-0.3, -0.25) is 9.78 Å². The number of para-hydroxylation sites is 1. The van der Waals surface area contributed by atoms with Crippen molar-refractivity contribution in [2.75, 3.05) is 19.7 Å². The third-order valence-corrected chi connectivity index (χ3v) is 4.47. The number of nitrogens with one attached hydrogen (secondary N) is 2. The van der Waals surface area contributed by atoms with E-state index in [4.69, 9.17) is 4.74 Å². The van der Waals surface area contributed by atoms with Crippen molar-refractivity contribution in [1.29, 1.82) is 0 Å². The Morgan fingerprint density at radius 2 is 2.20 bits per heavy atom. The van der Waals surface area contributed by atoms with E-state index in [0.717, 1.165) is 42.5 Å². The highest BCUT2D eigenvalue weighted by Gasteiger charge is 2.24. The van der Waals surface area contributed by atoms with Crippen LogP contribution in [0.5, 0.6) is 5.75 Å². The van der Waals surface area contributed by atoms with Crippen molar-refractivity contribution in [3.05, 3.63) is 36.5 Å². The van der Waals surface area contributed by atoms with Gasteiger partial charge in [0.1, 0.15) is 11.3 Å². The number of pyridine rings is 1. The fourth-order valence-electron chi connectivity index (χ4n) is 3.17. The molecule has 6 heteroatoms. The number of nitrogens with zero attached hydrogens (tertiary/aromatic N) is 1. The molecular formula is C19H26ClN3O2. The van der Waals surface area contributed by atoms with Crippen LogP contribution in [0.25, 0.3) is 10.9 Å². The van der Waals surface area contributed by atoms with Crippen LogP contribution >= 0.6 is 12.4 Å². The average Bonchev–Trinajstić information content (AvgIpc) is 2.61. The van der Waals surface area contributed by atoms with Crippen molar-refractivity contribution in [3.63, 3.8) is 0 Å². The summed E-state index contributed by atoms with van der Waals surface area (Å²) in [7, 11) is 0. The summed E-state index contributed by atoms with van der Waals surface area (Å²) in [5.74, 6) is 1.12. The minimum atomic E-state index is 0. The van der Waals surface area contributed by atoms with Crippen molar-refractivity contribution in [3.8, 4) is 5.75 Å². The third kappa shape index (κ3) is 5.31. The lowest BCUT2D eigenvalue weighted by Crippen LogP contribution is -2.42. The van der Waals surface area contributed by atoms with Crippen LogP contribution in [0.1, 0.15) is 26.2 Å². The number of fused-ring (bicyclic) bond motifs is 1. The number of hydrogen-bond acceptors (Lipinski definition) is 4. The second-order valence-corrected chi connectivity index (χ2v) is 6.40. The number of rotatable bonds is 6. The Balaban J connectivity index is 0.00000225. The van der Waals surface area contributed by atoms with E-state index in [-0.39, 0.29) is 24.2 Å². The van der Waals surface area contributed by atoms with Gasteiger partial charge in [0.25, 0.3) is 0 Å². The van der Waals surface area contributed by atoms with Gasteiger partial charge in [0.05, 0.1) is 6.61 Å². The van der Waals surface area contributed by atoms with Crippen LogP contribution in [0.2, 0.25) is 0 Å². The molecule has 1 aromatic carbocycles. The van der Waals surface area contributed by atoms with Crippen LogP contribution in [0.3, 0.4) is 0 Å². The fourth-order valence-corrected chi connectivity index (χ4v) is 3.17. The number of hydrogen-bond donors (Lipinski definition) is 2. The normalized spacial score (nSPS) is 19.9. The summed E-state index contributed by atoms with van der Waals surface area (Å²) in [5.41, 5.74) is 0.882. The number of piperidine rings is 1. The zero-order chi connectivity index (χ0) is 16.8. The highest BCUT2D eigenvalue weighted by atomic mass is 35.5. The molecule has 2 N–H and O–H groups in total. The maximum Gasteiger partial charge on any atom is 0.223 e. The first kappa shape index (κ1) is 19.5. The minimum Gasteiger partial charge on any atom is -0.491 e. The first-order chi connectivity index (χ1) is 11.7. The Morgan fingerprint density at radius 1 is 1.36 bits per heavy atom. The smallest absolute Gasteiger partial charge is 0.223 e. The van der Waals surface area contributed by atoms with Crippen molar-refractivity contribution in [2.24, 2.45) is 5.92 Å². The standard InChI is InChI=1S/C19H25N3O2.ClH/c1-14-13-16(8-11-20-14)19(23)22-10-4-12-24-17-7-2-5-15-6-3-9-21-18(15)17;/h2-3,5-7,9,14,16,20H,4,8,10-13H2,1H3,(H,22,23);1H/t14-,16-;/m0./s1. The van der Waals surface area contributed by atoms with Gasteiger partial charge in [0.2, 0.25) is 5.91 Å². The summed E-state index contributed by atoms with van der Waals surface area (Å²) in [6.45, 7) is 4.27. The maximum atomic E-state index is 12.2. The molecule has 1 amide bonds. The van der Waals surface area contributed by atoms with Crippen LogP contribution < -0.4 is 15.4 Å². The molecule has 1 aromatic heterocycles. The largest absolute Gasteiger partial charge is 0.491 e. The lowest BCUT2D eigenvalue weighted by Gasteiger charge is -2.27. The Morgan fingerprint density at radius 3 is 3.04 bits per heavy atom. The lowest BCUT2D eigenvalue weighted by molar-refractivity contribution is -0.126. The number of carbonyl (C=O) groups is 1. The first-order valence-electron chi connectivity index (χ1n) is 8.71. The van der Waals surface area contributed by atoms with E-state index >= 15 is 0 Å². The zero-order valence-corrected chi connectivity index (χ0v) is 15.3. The van der Waals surface area contributed by atoms with Crippen molar-refractivity contribution < 1.29 is 9.53 Å². The maximum absolute atomic E-state index is 12.2. The Hall–Kier alpha value is -1.85. The molecule has 0 aliphatic carbocycles. The molecule has 0 spiro atoms. The molecule has 1 aliphatic rings. The van der Waals surface area contributed by atoms with E-state index in [1.807, 2.05) is 30.3 Å². The van der Waals surface area contributed by atoms with E-state index in [1.165, 1.54) is 0 Å². The van der Waals surface area contributed by atoms with Crippen LogP contribution in [-0.2, 0) is 4.79 Å². The summed E-state index contributed by atoms with van der Waals surface area (Å²) < 4.78 is 5.84. The van der Waals surface area contributed by atoms with Crippen molar-refractivity contribution in [1.82, 2.24) is 15.6 Å². The minimum absolute atomic E-state index is 0. The molecule has 0 unspecified atom stereocenters. The van der Waals surface area contributed by atoms with Crippen LogP contribution in [0.4, 0.5) is 0 Å². The number of aromatic nitrogens is 1. The summed E-state index contributed by atoms with van der Waals surface area (Å²) in [5, 5.41) is 7.48. The molecule has 2 aromatic rings. The second kappa shape index (κ2) is 9.59. The van der Waals surface area contributed by atoms with Crippen molar-refractivity contribution >= 4 is 29.2 Å². The zero-order valence-electron chi connectivity index (χ0n) is 14.5. The molecule has 1 saturated heterocycles. The van der Waals surface area contributed by atoms with Crippen molar-refractivity contribution in [2.45, 2.75) is 32.2 Å². The fraction of sp³-hybridized carbons (Fsp3) is 0.474. The number of carbonyl (C=O) groups excluding carboxylic acids is 1. The van der Waals surface area contributed by atoms with E-state index in [2.05, 4.69) is 22.5 Å². The molecule has 3 rings (SSSR count). The lowest BCUT2D eigenvalue weighted by atomic mass is 9.92. The van der Waals surface area contributed by atoms with Crippen LogP contribution in [0.15, 0.2) is 36.5 Å². The third-order valence-electron chi connectivity index (χ3n) is 4.47. The Kier molecular flexibility index (Phi) is 7.47. The molecular weight excluding hydrogens is 338 g/mol. The first-order valence-corrected chi connectivity index (χ1v) is 8.71. The highest BCUT2D eigenvalue weighted by Crippen LogP contribution is 2.22. The van der Waals surface area contributed by atoms with E-state index in [1.54, 1.807) is 6.20 Å². The number of amides is 1. The number of halogens is 1. The molecule has 2 heterocycles. The molecule has 0 saturated carbocycles. The molecule has 0 bridgehead atoms. The molecule has 25 heavy (non-hydrogen) atoms. The average molecular weight is 364 g/mol. The van der Waals surface area contributed by atoms with E-state index in [0.29, 0.717) is 19.2 Å². The molecule has 5 nitrogen and oxygen atoms in total. The predicted octanol–water partition coefficient (Wildman–Crippen LogP) is 2.93. The summed E-state index contributed by atoms with van der Waals surface area (Å²) in [6.07, 6.45) is 4.41. The van der Waals surface area contributed by atoms with Gasteiger partial charge in [0, 0.05) is 30.1 Å². The SMILES string of the molecule is C[C@H]1C[C@@H](C(=O)NCCCOc2cccc3cccnc23)CCN1.Cl. The molecule has 1 fully saturated rings. The van der Waals surface area contributed by atoms with Gasteiger partial charge in [-0.05, 0) is 44.9 Å². The topological polar surface area (TPSA) is 63.2 Å². The van der Waals surface area contributed by atoms with Gasteiger partial charge >= 0.3 is 0 Å². The molecule has 2 atom stereocenters. The van der Waals surface area contributed by atoms with Crippen LogP contribution in [-0.4, -0.2) is 36.6 Å². The molecule has 0 radical (unpaired) electrons. The summed E-state index contributed by atoms with van der Waals surface area (Å²) >= 11 is 0. The highest BCUT2D eigenvalue weighted by molar-refractivity contribution is 5.85. The van der Waals surface area contributed by atoms with Gasteiger partial charge in [-0.25, -0.2) is 0 Å². The Bertz CT molecular complexity index is 690. The number of benzene rings is 1. The summed E-state index contributed by atoms with van der Waals surface area (Å²) in [4.78, 5) is 16.5. The van der Waals surface area contributed by atoms with E-state index in [9.17, 15) is 4.79 Å². The number of ether oxygens (including phenoxy) is 1.